The summed E-state index contributed by atoms with van der Waals surface area (Å²) < 4.78 is 67.1. The third-order valence-electron chi connectivity index (χ3n) is 5.27. The Kier molecular flexibility index (Phi) is 6.99. The Morgan fingerprint density at radius 3 is 2.49 bits per heavy atom. The van der Waals surface area contributed by atoms with Gasteiger partial charge in [-0.15, -0.1) is 0 Å². The summed E-state index contributed by atoms with van der Waals surface area (Å²) in [4.78, 5) is 25.6. The molecule has 0 aliphatic carbocycles. The molecule has 3 aromatic carbocycles. The molecule has 4 nitrogen and oxygen atoms in total. The van der Waals surface area contributed by atoms with Gasteiger partial charge in [-0.1, -0.05) is 22.6 Å². The van der Waals surface area contributed by atoms with Crippen LogP contribution in [0.3, 0.4) is 0 Å². The minimum Gasteiger partial charge on any atom is -0.341 e. The first-order chi connectivity index (χ1) is 16.5. The maximum Gasteiger partial charge on any atom is 0.416 e. The van der Waals surface area contributed by atoms with Crippen molar-refractivity contribution in [1.82, 2.24) is 5.32 Å². The van der Waals surface area contributed by atoms with Gasteiger partial charge in [0.2, 0.25) is 0 Å². The van der Waals surface area contributed by atoms with Crippen LogP contribution in [0, 0.1) is 11.6 Å². The number of nitrogens with one attached hydrogen (secondary N) is 2. The van der Waals surface area contributed by atoms with Crippen LogP contribution in [0.1, 0.15) is 49.0 Å². The van der Waals surface area contributed by atoms with Crippen LogP contribution in [0.2, 0.25) is 5.02 Å². The summed E-state index contributed by atoms with van der Waals surface area (Å²) in [6.07, 6.45) is -4.87. The molecular formula is C23H13Cl2F5N2O2S. The topological polar surface area (TPSA) is 58.2 Å². The summed E-state index contributed by atoms with van der Waals surface area (Å²) in [6.45, 7) is 0. The maximum atomic E-state index is 14.0. The van der Waals surface area contributed by atoms with Crippen LogP contribution in [-0.4, -0.2) is 11.8 Å². The number of rotatable bonds is 5. The minimum absolute atomic E-state index is 0.0507. The van der Waals surface area contributed by atoms with E-state index in [4.69, 9.17) is 22.3 Å². The first-order valence-corrected chi connectivity index (χ1v) is 12.0. The Labute approximate surface area is 209 Å². The van der Waals surface area contributed by atoms with Gasteiger partial charge in [0.15, 0.2) is 0 Å². The van der Waals surface area contributed by atoms with E-state index in [0.29, 0.717) is 17.7 Å². The Hall–Kier alpha value is -2.82. The van der Waals surface area contributed by atoms with Gasteiger partial charge in [-0.05, 0) is 64.8 Å². The molecule has 1 aliphatic rings. The zero-order chi connectivity index (χ0) is 25.5. The van der Waals surface area contributed by atoms with Gasteiger partial charge in [-0.25, -0.2) is 8.78 Å². The molecule has 0 spiro atoms. The zero-order valence-corrected chi connectivity index (χ0v) is 19.6. The van der Waals surface area contributed by atoms with E-state index < -0.39 is 46.8 Å². The highest BCUT2D eigenvalue weighted by Crippen LogP contribution is 2.41. The molecule has 0 bridgehead atoms. The lowest BCUT2D eigenvalue weighted by atomic mass is 9.94. The van der Waals surface area contributed by atoms with Gasteiger partial charge in [0.1, 0.15) is 11.6 Å². The van der Waals surface area contributed by atoms with E-state index in [-0.39, 0.29) is 39.2 Å². The molecule has 0 aromatic heterocycles. The van der Waals surface area contributed by atoms with Crippen LogP contribution in [0.5, 0.6) is 0 Å². The predicted octanol–water partition coefficient (Wildman–Crippen LogP) is 7.11. The summed E-state index contributed by atoms with van der Waals surface area (Å²) in [5.74, 6) is -3.21. The largest absolute Gasteiger partial charge is 0.416 e. The van der Waals surface area contributed by atoms with Gasteiger partial charge in [-0.2, -0.15) is 13.2 Å². The molecule has 2 amide bonds. The number of amides is 2. The van der Waals surface area contributed by atoms with Crippen molar-refractivity contribution in [3.63, 3.8) is 0 Å². The number of alkyl halides is 3. The van der Waals surface area contributed by atoms with Crippen molar-refractivity contribution in [2.45, 2.75) is 18.0 Å². The van der Waals surface area contributed by atoms with Crippen molar-refractivity contribution >= 4 is 50.8 Å². The van der Waals surface area contributed by atoms with Gasteiger partial charge in [0.05, 0.1) is 11.6 Å². The van der Waals surface area contributed by atoms with Crippen molar-refractivity contribution in [2.75, 3.05) is 5.32 Å². The Morgan fingerprint density at radius 2 is 1.80 bits per heavy atom. The highest BCUT2D eigenvalue weighted by atomic mass is 35.7. The van der Waals surface area contributed by atoms with Crippen molar-refractivity contribution in [3.8, 4) is 0 Å². The molecule has 35 heavy (non-hydrogen) atoms. The minimum atomic E-state index is -4.87. The molecule has 1 aliphatic heterocycles. The second kappa shape index (κ2) is 9.67. The summed E-state index contributed by atoms with van der Waals surface area (Å²) in [5.41, 5.74) is -0.762. The van der Waals surface area contributed by atoms with Crippen LogP contribution in [0.4, 0.5) is 27.6 Å². The van der Waals surface area contributed by atoms with E-state index >= 15 is 0 Å². The Morgan fingerprint density at radius 1 is 1.06 bits per heavy atom. The SMILES string of the molecule is O=C(Nc1cc(CSCl)cc2c1C(c1cc(F)ccc1Cl)NC2=O)c1cc(F)cc(C(F)(F)F)c1. The highest BCUT2D eigenvalue weighted by Gasteiger charge is 2.35. The second-order valence-corrected chi connectivity index (χ2v) is 9.18. The molecule has 3 aromatic rings. The molecule has 1 unspecified atom stereocenters. The monoisotopic (exact) mass is 546 g/mol. The van der Waals surface area contributed by atoms with Crippen LogP contribution in [0.15, 0.2) is 48.5 Å². The van der Waals surface area contributed by atoms with Crippen molar-refractivity contribution in [3.05, 3.63) is 98.6 Å². The van der Waals surface area contributed by atoms with Gasteiger partial charge in [0, 0.05) is 38.7 Å². The van der Waals surface area contributed by atoms with E-state index in [1.54, 1.807) is 0 Å². The fourth-order valence-electron chi connectivity index (χ4n) is 3.79. The molecule has 0 saturated heterocycles. The summed E-state index contributed by atoms with van der Waals surface area (Å²) in [5, 5.41) is 5.28. The van der Waals surface area contributed by atoms with Crippen LogP contribution in [0.25, 0.3) is 0 Å². The maximum absolute atomic E-state index is 14.0. The Bertz CT molecular complexity index is 1350. The first-order valence-electron chi connectivity index (χ1n) is 9.83. The van der Waals surface area contributed by atoms with Gasteiger partial charge in [-0.3, -0.25) is 9.59 Å². The molecule has 4 rings (SSSR count). The van der Waals surface area contributed by atoms with Gasteiger partial charge < -0.3 is 10.6 Å². The number of anilines is 1. The number of carbonyl (C=O) groups excluding carboxylic acids is 2. The van der Waals surface area contributed by atoms with E-state index in [1.807, 2.05) is 0 Å². The molecule has 0 saturated carbocycles. The Balaban J connectivity index is 1.82. The van der Waals surface area contributed by atoms with Gasteiger partial charge in [0.25, 0.3) is 11.8 Å². The number of benzene rings is 3. The van der Waals surface area contributed by atoms with E-state index in [1.165, 1.54) is 18.2 Å². The fraction of sp³-hybridized carbons (Fsp3) is 0.130. The smallest absolute Gasteiger partial charge is 0.341 e. The molecule has 182 valence electrons. The van der Waals surface area contributed by atoms with Gasteiger partial charge >= 0.3 is 6.18 Å². The van der Waals surface area contributed by atoms with E-state index in [2.05, 4.69) is 10.6 Å². The molecule has 1 heterocycles. The molecule has 0 fully saturated rings. The van der Waals surface area contributed by atoms with Crippen LogP contribution >= 0.6 is 33.3 Å². The molecular weight excluding hydrogens is 534 g/mol. The standard InChI is InChI=1S/C23H13Cl2F5N2O2S/c24-17-2-1-13(26)8-15(17)20-19-16(22(34)32-20)3-10(9-35-25)4-18(19)31-21(33)11-5-12(23(28,29)30)7-14(27)6-11/h1-8,20H,9H2,(H,31,33)(H,32,34). The van der Waals surface area contributed by atoms with Crippen LogP contribution in [-0.2, 0) is 11.9 Å². The van der Waals surface area contributed by atoms with Crippen molar-refractivity contribution < 1.29 is 31.5 Å². The lowest BCUT2D eigenvalue weighted by Gasteiger charge is -2.19. The second-order valence-electron chi connectivity index (χ2n) is 7.61. The summed E-state index contributed by atoms with van der Waals surface area (Å²) in [7, 11) is 6.66. The predicted molar refractivity (Wildman–Crippen MR) is 124 cm³/mol. The quantitative estimate of drug-likeness (QED) is 0.335. The highest BCUT2D eigenvalue weighted by molar-refractivity contribution is 8.20. The molecule has 12 heteroatoms. The summed E-state index contributed by atoms with van der Waals surface area (Å²) >= 11 is 6.23. The van der Waals surface area contributed by atoms with E-state index in [0.717, 1.165) is 23.1 Å². The van der Waals surface area contributed by atoms with Crippen molar-refractivity contribution in [2.24, 2.45) is 0 Å². The normalized spacial score (nSPS) is 15.1. The number of fused-ring (bicyclic) bond motifs is 1. The average Bonchev–Trinajstić information content (AvgIpc) is 3.11. The zero-order valence-electron chi connectivity index (χ0n) is 17.3. The fourth-order valence-corrected chi connectivity index (χ4v) is 4.69. The molecule has 1 atom stereocenters. The molecule has 2 N–H and O–H groups in total. The lowest BCUT2D eigenvalue weighted by Crippen LogP contribution is -2.21. The third kappa shape index (κ3) is 5.24. The summed E-state index contributed by atoms with van der Waals surface area (Å²) in [6, 6.07) is 7.06. The number of hydrogen-bond acceptors (Lipinski definition) is 3. The van der Waals surface area contributed by atoms with Crippen molar-refractivity contribution in [1.29, 1.82) is 0 Å². The number of carbonyl (C=O) groups is 2. The number of halogens is 7. The molecule has 0 radical (unpaired) electrons. The number of hydrogen-bond donors (Lipinski definition) is 2. The van der Waals surface area contributed by atoms with E-state index in [9.17, 15) is 31.5 Å². The third-order valence-corrected chi connectivity index (χ3v) is 6.39. The lowest BCUT2D eigenvalue weighted by molar-refractivity contribution is -0.137. The van der Waals surface area contributed by atoms with Crippen LogP contribution < -0.4 is 10.6 Å². The first kappa shape index (κ1) is 25.3. The average molecular weight is 547 g/mol.